The number of ketones is 1. The third-order valence-corrected chi connectivity index (χ3v) is 8.98. The van der Waals surface area contributed by atoms with Crippen LogP contribution in [0.2, 0.25) is 0 Å². The first-order chi connectivity index (χ1) is 20.7. The molecule has 18 nitrogen and oxygen atoms in total. The molecule has 254 valence electrons. The summed E-state index contributed by atoms with van der Waals surface area (Å²) >= 11 is 0. The molecule has 2 saturated carbocycles. The zero-order valence-electron chi connectivity index (χ0n) is 24.7. The summed E-state index contributed by atoms with van der Waals surface area (Å²) in [5, 5.41) is 66.6. The van der Waals surface area contributed by atoms with Crippen molar-refractivity contribution in [2.24, 2.45) is 39.6 Å². The van der Waals surface area contributed by atoms with Gasteiger partial charge in [-0.3, -0.25) is 4.79 Å². The van der Waals surface area contributed by atoms with Gasteiger partial charge in [0.25, 0.3) is 0 Å². The number of nitrogens with zero attached hydrogens (tertiary/aromatic N) is 1. The van der Waals surface area contributed by atoms with Crippen LogP contribution in [0.4, 0.5) is 0 Å². The van der Waals surface area contributed by atoms with Crippen LogP contribution in [0.3, 0.4) is 0 Å². The number of aliphatic hydroxyl groups is 6. The average molecular weight is 636 g/mol. The minimum atomic E-state index is -1.81. The van der Waals surface area contributed by atoms with E-state index in [1.54, 1.807) is 0 Å². The Bertz CT molecular complexity index is 1010. The highest BCUT2D eigenvalue weighted by Gasteiger charge is 2.60. The largest absolute Gasteiger partial charge is 0.394 e. The number of nitrogens with one attached hydrogen (secondary N) is 1. The first-order valence-corrected chi connectivity index (χ1v) is 15.0. The van der Waals surface area contributed by atoms with Crippen LogP contribution < -0.4 is 34.0 Å². The van der Waals surface area contributed by atoms with Gasteiger partial charge >= 0.3 is 0 Å². The van der Waals surface area contributed by atoms with E-state index in [0.717, 1.165) is 0 Å². The highest BCUT2D eigenvalue weighted by molar-refractivity contribution is 5.92. The van der Waals surface area contributed by atoms with E-state index in [9.17, 15) is 35.4 Å². The molecule has 2 heterocycles. The van der Waals surface area contributed by atoms with Gasteiger partial charge in [0.2, 0.25) is 0 Å². The first kappa shape index (κ1) is 35.2. The summed E-state index contributed by atoms with van der Waals surface area (Å²) in [6.07, 6.45) is -12.3. The van der Waals surface area contributed by atoms with Gasteiger partial charge in [-0.15, -0.1) is 0 Å². The quantitative estimate of drug-likeness (QED) is 0.0700. The van der Waals surface area contributed by atoms with Gasteiger partial charge in [0.05, 0.1) is 43.0 Å². The second kappa shape index (κ2) is 14.4. The number of carbonyl (C=O) groups is 1. The zero-order chi connectivity index (χ0) is 32.5. The van der Waals surface area contributed by atoms with Crippen LogP contribution in [0.5, 0.6) is 0 Å². The third-order valence-electron chi connectivity index (χ3n) is 8.98. The minimum absolute atomic E-state index is 0.00844. The molecule has 2 saturated heterocycles. The Morgan fingerprint density at radius 1 is 0.955 bits per heavy atom. The fourth-order valence-corrected chi connectivity index (χ4v) is 6.24. The molecule has 16 atom stereocenters. The fraction of sp³-hybridized carbons (Fsp3) is 0.923. The Hall–Kier alpha value is -1.62. The second-order valence-electron chi connectivity index (χ2n) is 12.3. The van der Waals surface area contributed by atoms with Crippen molar-refractivity contribution in [2.45, 2.75) is 124 Å². The van der Waals surface area contributed by atoms with Crippen molar-refractivity contribution in [3.8, 4) is 0 Å². The van der Waals surface area contributed by atoms with Gasteiger partial charge < -0.3 is 83.6 Å². The van der Waals surface area contributed by atoms with Crippen LogP contribution >= 0.6 is 0 Å². The van der Waals surface area contributed by atoms with Gasteiger partial charge in [0, 0.05) is 25.4 Å². The van der Waals surface area contributed by atoms with E-state index >= 15 is 0 Å². The van der Waals surface area contributed by atoms with E-state index in [2.05, 4.69) is 10.3 Å². The number of ether oxygens (including phenoxy) is 4. The standard InChI is InChI=1S/C26H49N7O11/c1-2-32-7-13-12(35)5-11(28)23(41-13)44-22-10(27)3-9(4-16(36)26(40)6-15(26)33-25(30)31)21(20(22)39)43-24-19(38)17(29)18(37)14(8-34)42-24/h9-15,17-24,32,34-35,37-40H,2-8,27-29H2,1H3,(H4,30,31,33)/t9-,10-,11+,12-,13+,14+,15?,17-,18+,19+,20+,21-,22+,23+,24+,26?/m0/s1. The van der Waals surface area contributed by atoms with Gasteiger partial charge in [-0.05, 0) is 25.3 Å². The summed E-state index contributed by atoms with van der Waals surface area (Å²) in [4.78, 5) is 17.1. The van der Waals surface area contributed by atoms with Gasteiger partial charge in [-0.2, -0.15) is 0 Å². The molecule has 0 aromatic heterocycles. The number of aliphatic hydroxyl groups excluding tert-OH is 5. The number of guanidine groups is 1. The molecule has 44 heavy (non-hydrogen) atoms. The number of carbonyl (C=O) groups excluding carboxylic acids is 1. The molecule has 4 aliphatic rings. The van der Waals surface area contributed by atoms with Crippen molar-refractivity contribution in [3.05, 3.63) is 0 Å². The molecule has 17 N–H and O–H groups in total. The molecule has 0 spiro atoms. The molecule has 0 aromatic carbocycles. The highest BCUT2D eigenvalue weighted by atomic mass is 16.7. The highest BCUT2D eigenvalue weighted by Crippen LogP contribution is 2.43. The Morgan fingerprint density at radius 2 is 1.61 bits per heavy atom. The smallest absolute Gasteiger partial charge is 0.186 e. The van der Waals surface area contributed by atoms with Crippen LogP contribution in [0.15, 0.2) is 4.99 Å². The van der Waals surface area contributed by atoms with Crippen molar-refractivity contribution < 1.29 is 54.4 Å². The molecule has 0 amide bonds. The van der Waals surface area contributed by atoms with Crippen LogP contribution in [0.25, 0.3) is 0 Å². The molecule has 2 aliphatic carbocycles. The summed E-state index contributed by atoms with van der Waals surface area (Å²) in [6, 6.07) is -3.71. The number of hydrogen-bond donors (Lipinski definition) is 12. The number of nitrogens with two attached hydrogens (primary N) is 5. The van der Waals surface area contributed by atoms with Gasteiger partial charge in [0.1, 0.15) is 36.1 Å². The monoisotopic (exact) mass is 635 g/mol. The SMILES string of the molecule is CCNC[C@H]1O[C@H](O[C@H]2[C@H](O)[C@@H](O[C@H]3O[C@H](CO)[C@@H](O)[C@H](N)[C@H]3O)[C@H](CC(=O)C3(O)CC3N=C(N)N)C[C@@H]2N)[C@H](N)C[C@@H]1O. The summed E-state index contributed by atoms with van der Waals surface area (Å²) in [5.74, 6) is -1.71. The topological polar surface area (TPSA) is 330 Å². The maximum absolute atomic E-state index is 13.2. The maximum Gasteiger partial charge on any atom is 0.186 e. The lowest BCUT2D eigenvalue weighted by Crippen LogP contribution is -2.66. The summed E-state index contributed by atoms with van der Waals surface area (Å²) in [5.41, 5.74) is 27.6. The van der Waals surface area contributed by atoms with E-state index in [1.165, 1.54) is 0 Å². The molecule has 4 rings (SSSR count). The lowest BCUT2D eigenvalue weighted by atomic mass is 9.76. The van der Waals surface area contributed by atoms with Gasteiger partial charge in [0.15, 0.2) is 24.3 Å². The molecule has 18 heteroatoms. The molecule has 0 aromatic rings. The van der Waals surface area contributed by atoms with E-state index in [-0.39, 0.29) is 31.6 Å². The van der Waals surface area contributed by atoms with Crippen molar-refractivity contribution in [2.75, 3.05) is 19.7 Å². The lowest BCUT2D eigenvalue weighted by molar-refractivity contribution is -0.320. The Balaban J connectivity index is 1.55. The number of aliphatic imine (C=N–C) groups is 1. The third kappa shape index (κ3) is 7.50. The molecule has 4 fully saturated rings. The lowest BCUT2D eigenvalue weighted by Gasteiger charge is -2.48. The Labute approximate surface area is 254 Å². The van der Waals surface area contributed by atoms with Crippen molar-refractivity contribution >= 4 is 11.7 Å². The first-order valence-electron chi connectivity index (χ1n) is 15.0. The number of rotatable bonds is 12. The Kier molecular flexibility index (Phi) is 11.6. The number of hydrogen-bond acceptors (Lipinski definition) is 16. The molecule has 0 radical (unpaired) electrons. The summed E-state index contributed by atoms with van der Waals surface area (Å²) in [6.45, 7) is 2.24. The predicted octanol–water partition coefficient (Wildman–Crippen LogP) is -6.62. The van der Waals surface area contributed by atoms with Crippen LogP contribution in [-0.2, 0) is 23.7 Å². The molecular weight excluding hydrogens is 586 g/mol. The van der Waals surface area contributed by atoms with Gasteiger partial charge in [-0.1, -0.05) is 6.92 Å². The Morgan fingerprint density at radius 3 is 2.25 bits per heavy atom. The number of likely N-dealkylation sites (N-methyl/N-ethyl adjacent to an activating group) is 1. The van der Waals surface area contributed by atoms with Gasteiger partial charge in [-0.25, -0.2) is 4.99 Å². The van der Waals surface area contributed by atoms with Crippen LogP contribution in [-0.4, -0.2) is 153 Å². The van der Waals surface area contributed by atoms with Crippen molar-refractivity contribution in [1.29, 1.82) is 0 Å². The van der Waals surface area contributed by atoms with E-state index in [4.69, 9.17) is 47.6 Å². The second-order valence-corrected chi connectivity index (χ2v) is 12.3. The summed E-state index contributed by atoms with van der Waals surface area (Å²) in [7, 11) is 0. The zero-order valence-corrected chi connectivity index (χ0v) is 24.7. The van der Waals surface area contributed by atoms with E-state index in [1.807, 2.05) is 6.92 Å². The van der Waals surface area contributed by atoms with E-state index in [0.29, 0.717) is 13.1 Å². The normalized spacial score (nSPS) is 47.6. The number of Topliss-reactive ketones (excluding diaryl/α,β-unsaturated/α-hetero) is 1. The van der Waals surface area contributed by atoms with Crippen LogP contribution in [0, 0.1) is 5.92 Å². The summed E-state index contributed by atoms with van der Waals surface area (Å²) < 4.78 is 23.7. The molecule has 0 bridgehead atoms. The molecule has 2 aliphatic heterocycles. The maximum atomic E-state index is 13.2. The minimum Gasteiger partial charge on any atom is -0.394 e. The predicted molar refractivity (Wildman–Crippen MR) is 152 cm³/mol. The van der Waals surface area contributed by atoms with E-state index < -0.39 is 109 Å². The average Bonchev–Trinajstić information content (AvgIpc) is 3.62. The molecular formula is C26H49N7O11. The molecule has 2 unspecified atom stereocenters. The van der Waals surface area contributed by atoms with Crippen molar-refractivity contribution in [1.82, 2.24) is 5.32 Å². The fourth-order valence-electron chi connectivity index (χ4n) is 6.24. The van der Waals surface area contributed by atoms with Crippen molar-refractivity contribution in [3.63, 3.8) is 0 Å². The van der Waals surface area contributed by atoms with Crippen LogP contribution in [0.1, 0.15) is 32.6 Å².